The van der Waals surface area contributed by atoms with E-state index < -0.39 is 0 Å². The van der Waals surface area contributed by atoms with Gasteiger partial charge in [0.1, 0.15) is 0 Å². The summed E-state index contributed by atoms with van der Waals surface area (Å²) in [5, 5.41) is 5.38. The highest BCUT2D eigenvalue weighted by Crippen LogP contribution is 2.49. The van der Waals surface area contributed by atoms with Crippen molar-refractivity contribution in [2.24, 2.45) is 0 Å². The molecule has 0 saturated carbocycles. The maximum absolute atomic E-state index is 5.44. The first kappa shape index (κ1) is 86.9. The van der Waals surface area contributed by atoms with Crippen molar-refractivity contribution in [3.63, 3.8) is 0 Å². The molecule has 0 N–H and O–H groups in total. The van der Waals surface area contributed by atoms with Crippen LogP contribution in [0.3, 0.4) is 0 Å². The molecule has 0 aliphatic heterocycles. The summed E-state index contributed by atoms with van der Waals surface area (Å²) in [5.74, 6) is 1.81. The average Bonchev–Trinajstić information content (AvgIpc) is 1.54. The maximum atomic E-state index is 5.44. The number of fused-ring (bicyclic) bond motifs is 6. The number of hydrogen-bond acceptors (Lipinski definition) is 10. The van der Waals surface area contributed by atoms with Gasteiger partial charge in [0, 0.05) is 89.8 Å². The van der Waals surface area contributed by atoms with Crippen molar-refractivity contribution in [1.29, 1.82) is 0 Å². The number of hydrogen-bond donors (Lipinski definition) is 0. The number of nitrogens with zero attached hydrogens (tertiary/aromatic N) is 11. The van der Waals surface area contributed by atoms with Crippen molar-refractivity contribution in [1.82, 2.24) is 39.5 Å². The van der Waals surface area contributed by atoms with Gasteiger partial charge >= 0.3 is 0 Å². The van der Waals surface area contributed by atoms with Crippen molar-refractivity contribution < 1.29 is 0 Å². The molecule has 11 heteroatoms. The maximum Gasteiger partial charge on any atom is 0.235 e. The van der Waals surface area contributed by atoms with Gasteiger partial charge in [-0.05, 0) is 176 Å². The molecule has 0 fully saturated rings. The SMILES string of the molecule is c1ccc(-c2ccc(N(c3ccc4c(c3)c3ccccc3n4-c3ccccc3)c3nc(-c4ccccc4)c4ccccc4n3)c(-c3ccccc3)c2)cc1.c1ccc(-c2ccc(N(c3ccncc3)c3nc(-c4ccccc4)c4ccccc4n3)c(-c3ccccc3)c2)cc1.c1ccc(-c2ccc(N(c3nc(-c4ccccc4)c4ccccc4n3)c3ccc(-c4ccccc4)cc3-c3ccccc3)cc2)cc1. The minimum Gasteiger partial charge on any atom is -0.309 e. The summed E-state index contributed by atoms with van der Waals surface area (Å²) in [6, 6.07) is 188. The van der Waals surface area contributed by atoms with Crippen LogP contribution in [-0.4, -0.2) is 39.5 Å². The van der Waals surface area contributed by atoms with E-state index in [1.807, 2.05) is 109 Å². The Bertz CT molecular complexity index is 8720. The quantitative estimate of drug-likeness (QED) is 0.0732. The van der Waals surface area contributed by atoms with Crippen molar-refractivity contribution in [3.05, 3.63) is 552 Å². The second kappa shape index (κ2) is 40.0. The van der Waals surface area contributed by atoms with Gasteiger partial charge in [-0.15, -0.1) is 0 Å². The fourth-order valence-electron chi connectivity index (χ4n) is 19.1. The molecule has 0 radical (unpaired) electrons. The highest BCUT2D eigenvalue weighted by atomic mass is 15.3. The molecule has 5 aromatic heterocycles. The van der Waals surface area contributed by atoms with Gasteiger partial charge in [-0.2, -0.15) is 0 Å². The van der Waals surface area contributed by atoms with Gasteiger partial charge in [0.15, 0.2) is 0 Å². The third kappa shape index (κ3) is 17.9. The molecule has 670 valence electrons. The first-order chi connectivity index (χ1) is 70.5. The van der Waals surface area contributed by atoms with E-state index in [1.54, 1.807) is 0 Å². The summed E-state index contributed by atoms with van der Waals surface area (Å²) in [5.41, 5.74) is 33.6. The van der Waals surface area contributed by atoms with Crippen LogP contribution >= 0.6 is 0 Å². The standard InChI is InChI=1S/C50H34N4.C44H31N3.C37H26N4/c1-5-17-35(18-6-1)38-29-31-47(43(33-38)36-19-7-2-8-20-36)54(50-51-45-27-15-13-26-42(45)49(52-50)37-21-9-3-10-22-37)40-30-32-48-44(34-40)41-25-14-16-28-46(41)53(48)39-23-11-4-12-24-39;1-5-15-32(16-6-1)34-25-28-38(29-26-34)47(44-45-41-24-14-13-23-39(41)43(46-44)36-21-11-4-12-22-36)42-30-27-37(33-17-7-2-8-18-33)31-40(42)35-19-9-3-10-20-35;1-4-12-27(13-5-1)30-20-21-35(33(26-30)28-14-6-2-7-15-28)41(31-22-24-38-25-23-31)37-39-34-19-11-10-18-32(34)36(40-37)29-16-8-3-9-17-29/h1-34H;1-31H;1-26H. The summed E-state index contributed by atoms with van der Waals surface area (Å²) < 4.78 is 2.35. The van der Waals surface area contributed by atoms with E-state index in [9.17, 15) is 0 Å². The molecule has 0 aliphatic rings. The predicted octanol–water partition coefficient (Wildman–Crippen LogP) is 34.5. The number of rotatable bonds is 20. The first-order valence-corrected chi connectivity index (χ1v) is 47.7. The molecule has 25 rings (SSSR count). The van der Waals surface area contributed by atoms with Gasteiger partial charge in [-0.3, -0.25) is 19.7 Å². The first-order valence-electron chi connectivity index (χ1n) is 47.7. The Morgan fingerprint density at radius 1 is 0.162 bits per heavy atom. The van der Waals surface area contributed by atoms with E-state index in [2.05, 4.69) is 467 Å². The molecule has 20 aromatic carbocycles. The van der Waals surface area contributed by atoms with E-state index in [4.69, 9.17) is 29.9 Å². The molecule has 0 unspecified atom stereocenters. The number of anilines is 9. The highest BCUT2D eigenvalue weighted by Gasteiger charge is 2.29. The third-order valence-corrected chi connectivity index (χ3v) is 25.9. The molecule has 0 bridgehead atoms. The number of aromatic nitrogens is 8. The zero-order chi connectivity index (χ0) is 94.7. The summed E-state index contributed by atoms with van der Waals surface area (Å²) in [6.07, 6.45) is 3.62. The van der Waals surface area contributed by atoms with Crippen LogP contribution in [0.25, 0.3) is 172 Å². The lowest BCUT2D eigenvalue weighted by molar-refractivity contribution is 1.11. The Labute approximate surface area is 824 Å². The lowest BCUT2D eigenvalue weighted by atomic mass is 9.96. The smallest absolute Gasteiger partial charge is 0.235 e. The topological polar surface area (TPSA) is 105 Å². The summed E-state index contributed by atoms with van der Waals surface area (Å²) in [6.45, 7) is 0. The molecule has 142 heavy (non-hydrogen) atoms. The van der Waals surface area contributed by atoms with Crippen molar-refractivity contribution in [2.45, 2.75) is 0 Å². The molecule has 0 spiro atoms. The zero-order valence-corrected chi connectivity index (χ0v) is 77.5. The Kier molecular flexibility index (Phi) is 24.5. The average molecular weight is 1820 g/mol. The van der Waals surface area contributed by atoms with E-state index >= 15 is 0 Å². The van der Waals surface area contributed by atoms with Crippen LogP contribution in [0.15, 0.2) is 552 Å². The van der Waals surface area contributed by atoms with Crippen LogP contribution in [0.2, 0.25) is 0 Å². The second-order valence-electron chi connectivity index (χ2n) is 34.7. The van der Waals surface area contributed by atoms with Crippen molar-refractivity contribution in [3.8, 4) is 117 Å². The van der Waals surface area contributed by atoms with E-state index in [0.29, 0.717) is 17.8 Å². The fourth-order valence-corrected chi connectivity index (χ4v) is 19.1. The lowest BCUT2D eigenvalue weighted by Gasteiger charge is -2.27. The molecule has 0 amide bonds. The number of benzene rings is 20. The summed E-state index contributed by atoms with van der Waals surface area (Å²) in [7, 11) is 0. The van der Waals surface area contributed by atoms with Crippen LogP contribution in [0.5, 0.6) is 0 Å². The van der Waals surface area contributed by atoms with Gasteiger partial charge in [0.05, 0.1) is 67.4 Å². The largest absolute Gasteiger partial charge is 0.309 e. The molecule has 0 aliphatic carbocycles. The normalized spacial score (nSPS) is 11.1. The van der Waals surface area contributed by atoms with Crippen LogP contribution in [-0.2, 0) is 0 Å². The minimum atomic E-state index is 0.596. The highest BCUT2D eigenvalue weighted by molar-refractivity contribution is 6.11. The Morgan fingerprint density at radius 2 is 0.415 bits per heavy atom. The monoisotopic (exact) mass is 1820 g/mol. The van der Waals surface area contributed by atoms with Gasteiger partial charge < -0.3 is 4.57 Å². The molecular formula is C131H91N11. The number of pyridine rings is 1. The molecule has 0 atom stereocenters. The van der Waals surface area contributed by atoms with Crippen LogP contribution < -0.4 is 14.7 Å². The Hall–Kier alpha value is -19.2. The van der Waals surface area contributed by atoms with Crippen LogP contribution in [0.4, 0.5) is 52.0 Å². The summed E-state index contributed by atoms with van der Waals surface area (Å²) >= 11 is 0. The molecular weight excluding hydrogens is 1730 g/mol. The van der Waals surface area contributed by atoms with Gasteiger partial charge in [0.2, 0.25) is 17.8 Å². The van der Waals surface area contributed by atoms with Gasteiger partial charge in [-0.1, -0.05) is 425 Å². The predicted molar refractivity (Wildman–Crippen MR) is 589 cm³/mol. The Morgan fingerprint density at radius 3 is 0.768 bits per heavy atom. The summed E-state index contributed by atoms with van der Waals surface area (Å²) in [4.78, 5) is 42.6. The molecule has 25 aromatic rings. The fraction of sp³-hybridized carbons (Fsp3) is 0. The van der Waals surface area contributed by atoms with Gasteiger partial charge in [0.25, 0.3) is 0 Å². The molecule has 0 saturated heterocycles. The second-order valence-corrected chi connectivity index (χ2v) is 34.7. The Balaban J connectivity index is 0.000000120. The van der Waals surface area contributed by atoms with Crippen LogP contribution in [0.1, 0.15) is 0 Å². The van der Waals surface area contributed by atoms with Crippen molar-refractivity contribution >= 4 is 106 Å². The van der Waals surface area contributed by atoms with E-state index in [1.165, 1.54) is 22.1 Å². The number of para-hydroxylation sites is 5. The zero-order valence-electron chi connectivity index (χ0n) is 77.5. The lowest BCUT2D eigenvalue weighted by Crippen LogP contribution is -2.15. The van der Waals surface area contributed by atoms with E-state index in [-0.39, 0.29) is 0 Å². The van der Waals surface area contributed by atoms with Crippen molar-refractivity contribution in [2.75, 3.05) is 14.7 Å². The van der Waals surface area contributed by atoms with Crippen LogP contribution in [0, 0.1) is 0 Å². The van der Waals surface area contributed by atoms with Gasteiger partial charge in [-0.25, -0.2) is 29.9 Å². The molecule has 5 heterocycles. The van der Waals surface area contributed by atoms with E-state index in [0.717, 1.165) is 184 Å². The minimum absolute atomic E-state index is 0.596. The third-order valence-electron chi connectivity index (χ3n) is 25.9. The molecule has 11 nitrogen and oxygen atoms in total.